The standard InChI is InChI=1S/C14H24N2/c1-11(2)8-9-14(16-15)10-13-7-5-4-6-12(13)3/h4-7,11,14,16H,8-10,15H2,1-3H3. The largest absolute Gasteiger partial charge is 0.271 e. The van der Waals surface area contributed by atoms with Crippen LogP contribution in [0.4, 0.5) is 0 Å². The first-order chi connectivity index (χ1) is 7.63. The highest BCUT2D eigenvalue weighted by Gasteiger charge is 2.09. The zero-order chi connectivity index (χ0) is 12.0. The molecule has 3 N–H and O–H groups in total. The van der Waals surface area contributed by atoms with Gasteiger partial charge in [0.1, 0.15) is 0 Å². The molecule has 1 aromatic carbocycles. The molecular weight excluding hydrogens is 196 g/mol. The molecule has 1 unspecified atom stereocenters. The average molecular weight is 220 g/mol. The maximum absolute atomic E-state index is 5.61. The van der Waals surface area contributed by atoms with E-state index in [0.29, 0.717) is 6.04 Å². The number of nitrogens with one attached hydrogen (secondary N) is 1. The topological polar surface area (TPSA) is 38.0 Å². The lowest BCUT2D eigenvalue weighted by molar-refractivity contribution is 0.434. The Morgan fingerprint density at radius 1 is 1.19 bits per heavy atom. The molecule has 0 radical (unpaired) electrons. The van der Waals surface area contributed by atoms with Gasteiger partial charge in [-0.25, -0.2) is 0 Å². The predicted molar refractivity (Wildman–Crippen MR) is 70.1 cm³/mol. The molecule has 0 aliphatic carbocycles. The van der Waals surface area contributed by atoms with Crippen molar-refractivity contribution in [2.24, 2.45) is 11.8 Å². The number of hydrazine groups is 1. The summed E-state index contributed by atoms with van der Waals surface area (Å²) in [5.74, 6) is 6.35. The van der Waals surface area contributed by atoms with Crippen molar-refractivity contribution in [3.05, 3.63) is 35.4 Å². The Bertz CT molecular complexity index is 307. The van der Waals surface area contributed by atoms with Gasteiger partial charge in [0.05, 0.1) is 0 Å². The van der Waals surface area contributed by atoms with Crippen molar-refractivity contribution in [3.63, 3.8) is 0 Å². The SMILES string of the molecule is Cc1ccccc1CC(CCC(C)C)NN. The van der Waals surface area contributed by atoms with E-state index in [2.05, 4.69) is 50.5 Å². The molecule has 90 valence electrons. The maximum atomic E-state index is 5.61. The molecule has 2 heteroatoms. The van der Waals surface area contributed by atoms with Gasteiger partial charge in [-0.1, -0.05) is 38.1 Å². The molecule has 0 amide bonds. The first-order valence-electron chi connectivity index (χ1n) is 6.14. The second kappa shape index (κ2) is 6.66. The van der Waals surface area contributed by atoms with E-state index in [9.17, 15) is 0 Å². The van der Waals surface area contributed by atoms with E-state index in [1.165, 1.54) is 17.5 Å². The van der Waals surface area contributed by atoms with E-state index in [-0.39, 0.29) is 0 Å². The predicted octanol–water partition coefficient (Wildman–Crippen LogP) is 2.81. The highest BCUT2D eigenvalue weighted by Crippen LogP contribution is 2.14. The highest BCUT2D eigenvalue weighted by molar-refractivity contribution is 5.26. The molecule has 0 bridgehead atoms. The Kier molecular flexibility index (Phi) is 5.50. The minimum atomic E-state index is 0.392. The smallest absolute Gasteiger partial charge is 0.0251 e. The average Bonchev–Trinajstić information content (AvgIpc) is 2.26. The zero-order valence-electron chi connectivity index (χ0n) is 10.7. The lowest BCUT2D eigenvalue weighted by atomic mass is 9.96. The number of benzene rings is 1. The van der Waals surface area contributed by atoms with E-state index in [1.54, 1.807) is 0 Å². The fourth-order valence-corrected chi connectivity index (χ4v) is 1.88. The summed E-state index contributed by atoms with van der Waals surface area (Å²) in [5.41, 5.74) is 5.68. The summed E-state index contributed by atoms with van der Waals surface area (Å²) in [6, 6.07) is 8.92. The van der Waals surface area contributed by atoms with Crippen LogP contribution in [-0.2, 0) is 6.42 Å². The van der Waals surface area contributed by atoms with Crippen LogP contribution in [0.2, 0.25) is 0 Å². The van der Waals surface area contributed by atoms with Gasteiger partial charge >= 0.3 is 0 Å². The van der Waals surface area contributed by atoms with Crippen LogP contribution >= 0.6 is 0 Å². The summed E-state index contributed by atoms with van der Waals surface area (Å²) in [6.45, 7) is 6.66. The van der Waals surface area contributed by atoms with Crippen molar-refractivity contribution >= 4 is 0 Å². The normalized spacial score (nSPS) is 13.1. The molecule has 1 atom stereocenters. The summed E-state index contributed by atoms with van der Waals surface area (Å²) >= 11 is 0. The minimum absolute atomic E-state index is 0.392. The highest BCUT2D eigenvalue weighted by atomic mass is 15.2. The van der Waals surface area contributed by atoms with Gasteiger partial charge in [-0.05, 0) is 43.2 Å². The Morgan fingerprint density at radius 2 is 1.88 bits per heavy atom. The molecule has 0 aliphatic rings. The van der Waals surface area contributed by atoms with Crippen LogP contribution in [0.15, 0.2) is 24.3 Å². The number of aryl methyl sites for hydroxylation is 1. The first kappa shape index (κ1) is 13.2. The van der Waals surface area contributed by atoms with Crippen LogP contribution in [0.5, 0.6) is 0 Å². The fraction of sp³-hybridized carbons (Fsp3) is 0.571. The van der Waals surface area contributed by atoms with Crippen molar-refractivity contribution < 1.29 is 0 Å². The van der Waals surface area contributed by atoms with Gasteiger partial charge in [-0.2, -0.15) is 0 Å². The van der Waals surface area contributed by atoms with Gasteiger partial charge in [0.15, 0.2) is 0 Å². The van der Waals surface area contributed by atoms with Crippen LogP contribution in [0, 0.1) is 12.8 Å². The number of rotatable bonds is 6. The van der Waals surface area contributed by atoms with Gasteiger partial charge in [-0.15, -0.1) is 0 Å². The van der Waals surface area contributed by atoms with Gasteiger partial charge in [-0.3, -0.25) is 11.3 Å². The lowest BCUT2D eigenvalue weighted by Gasteiger charge is -2.18. The van der Waals surface area contributed by atoms with Gasteiger partial charge < -0.3 is 0 Å². The van der Waals surface area contributed by atoms with Crippen LogP contribution in [0.3, 0.4) is 0 Å². The molecule has 0 saturated heterocycles. The Labute approximate surface area is 99.2 Å². The van der Waals surface area contributed by atoms with Gasteiger partial charge in [0, 0.05) is 6.04 Å². The van der Waals surface area contributed by atoms with Crippen molar-refractivity contribution in [2.45, 2.75) is 46.1 Å². The Morgan fingerprint density at radius 3 is 2.44 bits per heavy atom. The molecule has 0 spiro atoms. The third kappa shape index (κ3) is 4.33. The van der Waals surface area contributed by atoms with Gasteiger partial charge in [0.25, 0.3) is 0 Å². The molecule has 1 rings (SSSR count). The second-order valence-corrected chi connectivity index (χ2v) is 4.97. The van der Waals surface area contributed by atoms with Gasteiger partial charge in [0.2, 0.25) is 0 Å². The summed E-state index contributed by atoms with van der Waals surface area (Å²) in [7, 11) is 0. The number of hydrogen-bond acceptors (Lipinski definition) is 2. The summed E-state index contributed by atoms with van der Waals surface area (Å²) in [4.78, 5) is 0. The third-order valence-corrected chi connectivity index (χ3v) is 3.06. The molecular formula is C14H24N2. The third-order valence-electron chi connectivity index (χ3n) is 3.06. The first-order valence-corrected chi connectivity index (χ1v) is 6.14. The Hall–Kier alpha value is -0.860. The zero-order valence-corrected chi connectivity index (χ0v) is 10.7. The van der Waals surface area contributed by atoms with E-state index in [4.69, 9.17) is 5.84 Å². The van der Waals surface area contributed by atoms with Crippen molar-refractivity contribution in [1.82, 2.24) is 5.43 Å². The van der Waals surface area contributed by atoms with Crippen molar-refractivity contribution in [1.29, 1.82) is 0 Å². The van der Waals surface area contributed by atoms with E-state index in [1.807, 2.05) is 0 Å². The quantitative estimate of drug-likeness (QED) is 0.571. The van der Waals surface area contributed by atoms with Crippen molar-refractivity contribution in [2.75, 3.05) is 0 Å². The minimum Gasteiger partial charge on any atom is -0.271 e. The van der Waals surface area contributed by atoms with Crippen LogP contribution < -0.4 is 11.3 Å². The van der Waals surface area contributed by atoms with E-state index >= 15 is 0 Å². The fourth-order valence-electron chi connectivity index (χ4n) is 1.88. The molecule has 0 aliphatic heterocycles. The van der Waals surface area contributed by atoms with Crippen LogP contribution in [0.1, 0.15) is 37.8 Å². The molecule has 0 fully saturated rings. The summed E-state index contributed by atoms with van der Waals surface area (Å²) in [5, 5.41) is 0. The van der Waals surface area contributed by atoms with E-state index < -0.39 is 0 Å². The maximum Gasteiger partial charge on any atom is 0.0251 e. The summed E-state index contributed by atoms with van der Waals surface area (Å²) < 4.78 is 0. The van der Waals surface area contributed by atoms with Crippen LogP contribution in [0.25, 0.3) is 0 Å². The molecule has 0 heterocycles. The Balaban J connectivity index is 2.53. The second-order valence-electron chi connectivity index (χ2n) is 4.97. The molecule has 16 heavy (non-hydrogen) atoms. The van der Waals surface area contributed by atoms with E-state index in [0.717, 1.165) is 18.8 Å². The lowest BCUT2D eigenvalue weighted by Crippen LogP contribution is -2.37. The van der Waals surface area contributed by atoms with Crippen LogP contribution in [-0.4, -0.2) is 6.04 Å². The number of hydrogen-bond donors (Lipinski definition) is 2. The molecule has 0 saturated carbocycles. The molecule has 1 aromatic rings. The monoisotopic (exact) mass is 220 g/mol. The van der Waals surface area contributed by atoms with Crippen molar-refractivity contribution in [3.8, 4) is 0 Å². The molecule has 0 aromatic heterocycles. The summed E-state index contributed by atoms with van der Waals surface area (Å²) in [6.07, 6.45) is 3.39. The number of nitrogens with two attached hydrogens (primary N) is 1. The molecule has 2 nitrogen and oxygen atoms in total.